The van der Waals surface area contributed by atoms with Gasteiger partial charge in [-0.3, -0.25) is 9.36 Å². The third-order valence-electron chi connectivity index (χ3n) is 5.72. The van der Waals surface area contributed by atoms with Gasteiger partial charge in [0.1, 0.15) is 5.82 Å². The summed E-state index contributed by atoms with van der Waals surface area (Å²) in [6.45, 7) is 0. The Kier molecular flexibility index (Phi) is 3.38. The van der Waals surface area contributed by atoms with E-state index in [-0.39, 0.29) is 11.0 Å². The van der Waals surface area contributed by atoms with Crippen molar-refractivity contribution in [2.45, 2.75) is 37.5 Å². The Labute approximate surface area is 158 Å². The van der Waals surface area contributed by atoms with Crippen molar-refractivity contribution in [3.63, 3.8) is 0 Å². The molecule has 1 aliphatic heterocycles. The lowest BCUT2D eigenvalue weighted by Crippen LogP contribution is -2.32. The molecule has 3 aromatic rings. The van der Waals surface area contributed by atoms with Gasteiger partial charge in [-0.15, -0.1) is 0 Å². The second kappa shape index (κ2) is 5.42. The van der Waals surface area contributed by atoms with Crippen LogP contribution in [0, 0.1) is 0 Å². The van der Waals surface area contributed by atoms with Gasteiger partial charge < -0.3 is 0 Å². The van der Waals surface area contributed by atoms with E-state index in [1.807, 2.05) is 12.1 Å². The summed E-state index contributed by atoms with van der Waals surface area (Å²) in [5.74, 6) is 0.889. The standard InChI is InChI=1S/C20H16BrClN2O/c21-12-7-8-15-13(11-12)20(9-2-1-3-10-20)19-23-18(25)17-14(22)5-4-6-16(17)24(15)19/h4-8,11H,1-3,9-10H2. The minimum Gasteiger partial charge on any atom is -0.296 e. The van der Waals surface area contributed by atoms with E-state index in [0.29, 0.717) is 10.4 Å². The minimum atomic E-state index is -0.219. The van der Waals surface area contributed by atoms with Gasteiger partial charge >= 0.3 is 0 Å². The fourth-order valence-corrected chi connectivity index (χ4v) is 5.26. The molecule has 126 valence electrons. The molecule has 0 N–H and O–H groups in total. The quantitative estimate of drug-likeness (QED) is 0.495. The Hall–Kier alpha value is -1.65. The van der Waals surface area contributed by atoms with E-state index in [1.165, 1.54) is 12.0 Å². The maximum Gasteiger partial charge on any atom is 0.282 e. The van der Waals surface area contributed by atoms with Crippen LogP contribution in [0.25, 0.3) is 16.6 Å². The molecule has 0 atom stereocenters. The first-order valence-corrected chi connectivity index (χ1v) is 9.81. The molecular formula is C20H16BrClN2O. The van der Waals surface area contributed by atoms with Gasteiger partial charge in [0.25, 0.3) is 5.56 Å². The zero-order chi connectivity index (χ0) is 17.2. The number of hydrogen-bond donors (Lipinski definition) is 0. The molecule has 0 bridgehead atoms. The van der Waals surface area contributed by atoms with Crippen LogP contribution in [0.5, 0.6) is 0 Å². The lowest BCUT2D eigenvalue weighted by atomic mass is 9.70. The van der Waals surface area contributed by atoms with E-state index in [1.54, 1.807) is 6.07 Å². The number of hydrogen-bond acceptors (Lipinski definition) is 2. The maximum absolute atomic E-state index is 12.8. The summed E-state index contributed by atoms with van der Waals surface area (Å²) in [4.78, 5) is 17.4. The highest BCUT2D eigenvalue weighted by Gasteiger charge is 2.46. The Morgan fingerprint density at radius 3 is 2.72 bits per heavy atom. The Bertz CT molecular complexity index is 1080. The van der Waals surface area contributed by atoms with Crippen LogP contribution in [0.2, 0.25) is 5.02 Å². The largest absolute Gasteiger partial charge is 0.296 e. The first-order valence-electron chi connectivity index (χ1n) is 8.64. The third kappa shape index (κ3) is 2.04. The highest BCUT2D eigenvalue weighted by atomic mass is 79.9. The molecule has 5 rings (SSSR count). The Morgan fingerprint density at radius 1 is 1.12 bits per heavy atom. The van der Waals surface area contributed by atoms with Crippen molar-refractivity contribution < 1.29 is 0 Å². The molecule has 5 heteroatoms. The van der Waals surface area contributed by atoms with Crippen LogP contribution in [-0.2, 0) is 5.41 Å². The van der Waals surface area contributed by atoms with Crippen molar-refractivity contribution >= 4 is 38.4 Å². The van der Waals surface area contributed by atoms with E-state index in [0.717, 1.165) is 47.2 Å². The lowest BCUT2D eigenvalue weighted by molar-refractivity contribution is 0.338. The first-order chi connectivity index (χ1) is 12.1. The van der Waals surface area contributed by atoms with Gasteiger partial charge in [0.15, 0.2) is 0 Å². The van der Waals surface area contributed by atoms with Gasteiger partial charge in [-0.1, -0.05) is 52.9 Å². The average Bonchev–Trinajstić information content (AvgIpc) is 2.86. The van der Waals surface area contributed by atoms with E-state index >= 15 is 0 Å². The van der Waals surface area contributed by atoms with Crippen molar-refractivity contribution in [3.05, 3.63) is 67.6 Å². The molecule has 1 saturated carbocycles. The van der Waals surface area contributed by atoms with Gasteiger partial charge in [0.05, 0.1) is 27.0 Å². The van der Waals surface area contributed by atoms with Gasteiger partial charge in [-0.2, -0.15) is 4.98 Å². The molecule has 2 aliphatic rings. The van der Waals surface area contributed by atoms with Crippen LogP contribution >= 0.6 is 27.5 Å². The van der Waals surface area contributed by atoms with Crippen LogP contribution in [0.15, 0.2) is 45.7 Å². The SMILES string of the molecule is O=c1nc2n(c3cccc(Cl)c13)-c1ccc(Br)cc1C21CCCCC1. The number of nitrogens with zero attached hydrogens (tertiary/aromatic N) is 2. The van der Waals surface area contributed by atoms with Gasteiger partial charge in [-0.05, 0) is 48.7 Å². The first kappa shape index (κ1) is 15.6. The number of benzene rings is 2. The average molecular weight is 416 g/mol. The zero-order valence-electron chi connectivity index (χ0n) is 13.6. The molecule has 0 saturated heterocycles. The van der Waals surface area contributed by atoms with Gasteiger partial charge in [0, 0.05) is 4.47 Å². The molecule has 1 fully saturated rings. The third-order valence-corrected chi connectivity index (χ3v) is 6.52. The number of fused-ring (bicyclic) bond motifs is 7. The molecule has 1 aromatic heterocycles. The molecule has 0 amide bonds. The molecule has 1 aliphatic carbocycles. The predicted octanol–water partition coefficient (Wildman–Crippen LogP) is 5.37. The highest BCUT2D eigenvalue weighted by molar-refractivity contribution is 9.10. The molecule has 2 heterocycles. The molecule has 2 aromatic carbocycles. The van der Waals surface area contributed by atoms with E-state index in [2.05, 4.69) is 43.7 Å². The van der Waals surface area contributed by atoms with E-state index < -0.39 is 0 Å². The monoisotopic (exact) mass is 414 g/mol. The van der Waals surface area contributed by atoms with Crippen molar-refractivity contribution in [2.75, 3.05) is 0 Å². The summed E-state index contributed by atoms with van der Waals surface area (Å²) in [6, 6.07) is 12.0. The van der Waals surface area contributed by atoms with Gasteiger partial charge in [-0.25, -0.2) is 0 Å². The van der Waals surface area contributed by atoms with E-state index in [9.17, 15) is 4.79 Å². The number of halogens is 2. The molecule has 0 radical (unpaired) electrons. The second-order valence-electron chi connectivity index (χ2n) is 7.01. The molecule has 3 nitrogen and oxygen atoms in total. The van der Waals surface area contributed by atoms with Crippen LogP contribution in [0.1, 0.15) is 43.5 Å². The Balaban J connectivity index is 1.97. The summed E-state index contributed by atoms with van der Waals surface area (Å²) >= 11 is 9.96. The summed E-state index contributed by atoms with van der Waals surface area (Å²) in [6.07, 6.45) is 5.64. The summed E-state index contributed by atoms with van der Waals surface area (Å²) in [7, 11) is 0. The summed E-state index contributed by atoms with van der Waals surface area (Å²) < 4.78 is 3.23. The fraction of sp³-hybridized carbons (Fsp3) is 0.300. The number of rotatable bonds is 0. The van der Waals surface area contributed by atoms with Crippen molar-refractivity contribution in [1.29, 1.82) is 0 Å². The van der Waals surface area contributed by atoms with E-state index in [4.69, 9.17) is 11.6 Å². The van der Waals surface area contributed by atoms with Crippen molar-refractivity contribution in [2.24, 2.45) is 0 Å². The molecule has 0 unspecified atom stereocenters. The maximum atomic E-state index is 12.8. The van der Waals surface area contributed by atoms with Gasteiger partial charge in [0.2, 0.25) is 0 Å². The highest BCUT2D eigenvalue weighted by Crippen LogP contribution is 2.51. The fourth-order valence-electron chi connectivity index (χ4n) is 4.65. The van der Waals surface area contributed by atoms with Crippen LogP contribution in [0.3, 0.4) is 0 Å². The second-order valence-corrected chi connectivity index (χ2v) is 8.34. The summed E-state index contributed by atoms with van der Waals surface area (Å²) in [5, 5.41) is 0.975. The Morgan fingerprint density at radius 2 is 1.92 bits per heavy atom. The zero-order valence-corrected chi connectivity index (χ0v) is 15.9. The van der Waals surface area contributed by atoms with Crippen LogP contribution in [-0.4, -0.2) is 9.55 Å². The molecular weight excluding hydrogens is 400 g/mol. The normalized spacial score (nSPS) is 17.7. The van der Waals surface area contributed by atoms with Crippen molar-refractivity contribution in [1.82, 2.24) is 9.55 Å². The topological polar surface area (TPSA) is 34.9 Å². The smallest absolute Gasteiger partial charge is 0.282 e. The number of aromatic nitrogens is 2. The van der Waals surface area contributed by atoms with Crippen LogP contribution in [0.4, 0.5) is 0 Å². The summed E-state index contributed by atoms with van der Waals surface area (Å²) in [5.41, 5.74) is 2.88. The molecule has 25 heavy (non-hydrogen) atoms. The lowest BCUT2D eigenvalue weighted by Gasteiger charge is -2.33. The predicted molar refractivity (Wildman–Crippen MR) is 104 cm³/mol. The minimum absolute atomic E-state index is 0.160. The molecule has 1 spiro atoms. The van der Waals surface area contributed by atoms with Crippen LogP contribution < -0.4 is 5.56 Å². The van der Waals surface area contributed by atoms with Crippen molar-refractivity contribution in [3.8, 4) is 5.69 Å².